The molecule has 3 rings (SSSR count). The predicted molar refractivity (Wildman–Crippen MR) is 101 cm³/mol. The summed E-state index contributed by atoms with van der Waals surface area (Å²) >= 11 is 12.0. The fourth-order valence-electron chi connectivity index (χ4n) is 2.98. The molecule has 126 valence electrons. The van der Waals surface area contributed by atoms with Gasteiger partial charge in [-0.3, -0.25) is 0 Å². The molecule has 0 spiro atoms. The number of amides is 2. The van der Waals surface area contributed by atoms with E-state index in [1.165, 1.54) is 16.8 Å². The number of aryl methyl sites for hydroxylation is 1. The standard InChI is InChI=1S/C18H19Cl2N3O/c1-12-4-2-7-16-13(12)8-10-23(16)11-9-21-18(24)22-15-6-3-5-14(19)17(15)20/h2-7H,8-11H2,1H3,(H2,21,22,24). The highest BCUT2D eigenvalue weighted by atomic mass is 35.5. The van der Waals surface area contributed by atoms with E-state index >= 15 is 0 Å². The number of carbonyl (C=O) groups excluding carboxylic acids is 1. The molecule has 2 amide bonds. The van der Waals surface area contributed by atoms with Crippen molar-refractivity contribution in [2.75, 3.05) is 29.9 Å². The van der Waals surface area contributed by atoms with E-state index in [0.29, 0.717) is 22.3 Å². The Morgan fingerprint density at radius 3 is 2.83 bits per heavy atom. The van der Waals surface area contributed by atoms with Gasteiger partial charge in [-0.2, -0.15) is 0 Å². The molecule has 1 heterocycles. The first-order valence-electron chi connectivity index (χ1n) is 7.88. The first-order valence-corrected chi connectivity index (χ1v) is 8.64. The lowest BCUT2D eigenvalue weighted by Crippen LogP contribution is -2.36. The van der Waals surface area contributed by atoms with Crippen molar-refractivity contribution in [3.05, 3.63) is 57.6 Å². The maximum atomic E-state index is 12.0. The largest absolute Gasteiger partial charge is 0.369 e. The molecule has 0 saturated carbocycles. The molecule has 0 aliphatic carbocycles. The van der Waals surface area contributed by atoms with Crippen LogP contribution in [-0.4, -0.2) is 25.7 Å². The minimum Gasteiger partial charge on any atom is -0.369 e. The number of rotatable bonds is 4. The molecule has 0 fully saturated rings. The first kappa shape index (κ1) is 16.9. The van der Waals surface area contributed by atoms with Gasteiger partial charge in [0, 0.05) is 25.3 Å². The second-order valence-corrected chi connectivity index (χ2v) is 6.58. The van der Waals surface area contributed by atoms with Crippen LogP contribution in [0.15, 0.2) is 36.4 Å². The van der Waals surface area contributed by atoms with Crippen molar-refractivity contribution in [2.45, 2.75) is 13.3 Å². The lowest BCUT2D eigenvalue weighted by atomic mass is 10.1. The number of nitrogens with one attached hydrogen (secondary N) is 2. The molecular weight excluding hydrogens is 345 g/mol. The van der Waals surface area contributed by atoms with Gasteiger partial charge in [0.2, 0.25) is 0 Å². The monoisotopic (exact) mass is 363 g/mol. The second kappa shape index (κ2) is 7.32. The van der Waals surface area contributed by atoms with E-state index in [1.807, 2.05) is 0 Å². The van der Waals surface area contributed by atoms with Crippen molar-refractivity contribution in [3.8, 4) is 0 Å². The molecule has 0 atom stereocenters. The number of fused-ring (bicyclic) bond motifs is 1. The number of nitrogens with zero attached hydrogens (tertiary/aromatic N) is 1. The van der Waals surface area contributed by atoms with Crippen LogP contribution in [0.1, 0.15) is 11.1 Å². The Balaban J connectivity index is 1.52. The summed E-state index contributed by atoms with van der Waals surface area (Å²) in [4.78, 5) is 14.3. The number of urea groups is 1. The van der Waals surface area contributed by atoms with E-state index in [-0.39, 0.29) is 6.03 Å². The Morgan fingerprint density at radius 1 is 1.21 bits per heavy atom. The van der Waals surface area contributed by atoms with Crippen molar-refractivity contribution in [1.82, 2.24) is 5.32 Å². The van der Waals surface area contributed by atoms with Crippen LogP contribution in [0.4, 0.5) is 16.2 Å². The summed E-state index contributed by atoms with van der Waals surface area (Å²) in [7, 11) is 0. The lowest BCUT2D eigenvalue weighted by molar-refractivity contribution is 0.252. The summed E-state index contributed by atoms with van der Waals surface area (Å²) in [6.07, 6.45) is 1.06. The molecule has 24 heavy (non-hydrogen) atoms. The molecule has 2 aromatic carbocycles. The van der Waals surface area contributed by atoms with Gasteiger partial charge in [0.1, 0.15) is 0 Å². The molecule has 2 N–H and O–H groups in total. The lowest BCUT2D eigenvalue weighted by Gasteiger charge is -2.20. The second-order valence-electron chi connectivity index (χ2n) is 5.79. The number of carbonyl (C=O) groups is 1. The van der Waals surface area contributed by atoms with Crippen LogP contribution in [0.3, 0.4) is 0 Å². The minimum absolute atomic E-state index is 0.289. The summed E-state index contributed by atoms with van der Waals surface area (Å²) in [6, 6.07) is 11.2. The van der Waals surface area contributed by atoms with Crippen molar-refractivity contribution >= 4 is 40.6 Å². The SMILES string of the molecule is Cc1cccc2c1CCN2CCNC(=O)Nc1cccc(Cl)c1Cl. The van der Waals surface area contributed by atoms with Crippen molar-refractivity contribution < 1.29 is 4.79 Å². The van der Waals surface area contributed by atoms with E-state index in [9.17, 15) is 4.79 Å². The highest BCUT2D eigenvalue weighted by Gasteiger charge is 2.19. The van der Waals surface area contributed by atoms with Gasteiger partial charge in [-0.15, -0.1) is 0 Å². The van der Waals surface area contributed by atoms with Crippen molar-refractivity contribution in [1.29, 1.82) is 0 Å². The summed E-state index contributed by atoms with van der Waals surface area (Å²) < 4.78 is 0. The van der Waals surface area contributed by atoms with Crippen LogP contribution >= 0.6 is 23.2 Å². The van der Waals surface area contributed by atoms with Gasteiger partial charge in [-0.1, -0.05) is 41.4 Å². The third kappa shape index (κ3) is 3.60. The van der Waals surface area contributed by atoms with Crippen LogP contribution in [0.25, 0.3) is 0 Å². The maximum Gasteiger partial charge on any atom is 0.319 e. The summed E-state index contributed by atoms with van der Waals surface area (Å²) in [5.41, 5.74) is 4.52. The van der Waals surface area contributed by atoms with Gasteiger partial charge in [0.25, 0.3) is 0 Å². The predicted octanol–water partition coefficient (Wildman–Crippen LogP) is 4.49. The summed E-state index contributed by atoms with van der Waals surface area (Å²) in [5.74, 6) is 0. The molecule has 0 radical (unpaired) electrons. The van der Waals surface area contributed by atoms with Crippen molar-refractivity contribution in [2.24, 2.45) is 0 Å². The van der Waals surface area contributed by atoms with E-state index < -0.39 is 0 Å². The zero-order valence-corrected chi connectivity index (χ0v) is 14.9. The third-order valence-electron chi connectivity index (χ3n) is 4.22. The molecule has 0 saturated heterocycles. The number of halogens is 2. The van der Waals surface area contributed by atoms with Gasteiger partial charge < -0.3 is 15.5 Å². The molecule has 2 aromatic rings. The van der Waals surface area contributed by atoms with E-state index in [4.69, 9.17) is 23.2 Å². The van der Waals surface area contributed by atoms with E-state index in [0.717, 1.165) is 19.5 Å². The van der Waals surface area contributed by atoms with Crippen LogP contribution < -0.4 is 15.5 Å². The first-order chi connectivity index (χ1) is 11.6. The highest BCUT2D eigenvalue weighted by Crippen LogP contribution is 2.30. The average molecular weight is 364 g/mol. The molecule has 1 aliphatic rings. The average Bonchev–Trinajstić information content (AvgIpc) is 2.97. The Bertz CT molecular complexity index is 764. The van der Waals surface area contributed by atoms with Gasteiger partial charge in [-0.25, -0.2) is 4.79 Å². The van der Waals surface area contributed by atoms with Gasteiger partial charge in [0.15, 0.2) is 0 Å². The third-order valence-corrected chi connectivity index (χ3v) is 5.04. The molecule has 0 bridgehead atoms. The van der Waals surface area contributed by atoms with Crippen LogP contribution in [0, 0.1) is 6.92 Å². The van der Waals surface area contributed by atoms with Crippen LogP contribution in [0.5, 0.6) is 0 Å². The molecule has 1 aliphatic heterocycles. The molecular formula is C18H19Cl2N3O. The fraction of sp³-hybridized carbons (Fsp3) is 0.278. The number of hydrogen-bond donors (Lipinski definition) is 2. The summed E-state index contributed by atoms with van der Waals surface area (Å²) in [5, 5.41) is 6.34. The minimum atomic E-state index is -0.289. The Morgan fingerprint density at radius 2 is 2.00 bits per heavy atom. The van der Waals surface area contributed by atoms with Gasteiger partial charge in [-0.05, 0) is 42.7 Å². The summed E-state index contributed by atoms with van der Waals surface area (Å²) in [6.45, 7) is 4.46. The zero-order valence-electron chi connectivity index (χ0n) is 13.4. The van der Waals surface area contributed by atoms with E-state index in [1.54, 1.807) is 18.2 Å². The zero-order chi connectivity index (χ0) is 17.1. The fourth-order valence-corrected chi connectivity index (χ4v) is 3.33. The highest BCUT2D eigenvalue weighted by molar-refractivity contribution is 6.43. The Hall–Kier alpha value is -1.91. The Kier molecular flexibility index (Phi) is 5.17. The Labute approximate surface area is 151 Å². The maximum absolute atomic E-state index is 12.0. The van der Waals surface area contributed by atoms with Gasteiger partial charge >= 0.3 is 6.03 Å². The van der Waals surface area contributed by atoms with Gasteiger partial charge in [0.05, 0.1) is 15.7 Å². The molecule has 0 unspecified atom stereocenters. The van der Waals surface area contributed by atoms with Crippen molar-refractivity contribution in [3.63, 3.8) is 0 Å². The normalized spacial score (nSPS) is 12.9. The molecule has 4 nitrogen and oxygen atoms in total. The topological polar surface area (TPSA) is 44.4 Å². The van der Waals surface area contributed by atoms with Crippen LogP contribution in [-0.2, 0) is 6.42 Å². The molecule has 6 heteroatoms. The number of benzene rings is 2. The number of anilines is 2. The quantitative estimate of drug-likeness (QED) is 0.840. The van der Waals surface area contributed by atoms with Crippen LogP contribution in [0.2, 0.25) is 10.0 Å². The smallest absolute Gasteiger partial charge is 0.319 e. The number of hydrogen-bond acceptors (Lipinski definition) is 2. The van der Waals surface area contributed by atoms with E-state index in [2.05, 4.69) is 40.7 Å². The molecule has 0 aromatic heterocycles.